The Balaban J connectivity index is 1.42. The zero-order chi connectivity index (χ0) is 21.3. The zero-order valence-corrected chi connectivity index (χ0v) is 18.8. The summed E-state index contributed by atoms with van der Waals surface area (Å²) in [4.78, 5) is 18.5. The van der Waals surface area contributed by atoms with E-state index in [1.807, 2.05) is 24.3 Å². The van der Waals surface area contributed by atoms with Gasteiger partial charge in [-0.2, -0.15) is 4.31 Å². The van der Waals surface area contributed by atoms with Crippen LogP contribution in [0.15, 0.2) is 53.4 Å². The normalized spacial score (nSPS) is 15.9. The number of thiazole rings is 1. The van der Waals surface area contributed by atoms with Crippen LogP contribution < -0.4 is 0 Å². The molecule has 1 fully saturated rings. The van der Waals surface area contributed by atoms with Crippen molar-refractivity contribution in [2.24, 2.45) is 0 Å². The number of aromatic nitrogens is 1. The molecule has 1 amide bonds. The molecule has 4 rings (SSSR count). The third-order valence-corrected chi connectivity index (χ3v) is 8.60. The Labute approximate surface area is 188 Å². The Morgan fingerprint density at radius 3 is 2.33 bits per heavy atom. The maximum atomic E-state index is 12.9. The van der Waals surface area contributed by atoms with E-state index in [9.17, 15) is 13.2 Å². The molecule has 0 spiro atoms. The van der Waals surface area contributed by atoms with Crippen LogP contribution in [0, 0.1) is 0 Å². The second kappa shape index (κ2) is 8.64. The Morgan fingerprint density at radius 2 is 1.67 bits per heavy atom. The van der Waals surface area contributed by atoms with Gasteiger partial charge >= 0.3 is 0 Å². The van der Waals surface area contributed by atoms with Crippen molar-refractivity contribution < 1.29 is 13.2 Å². The molecule has 0 atom stereocenters. The van der Waals surface area contributed by atoms with Crippen LogP contribution in [-0.2, 0) is 14.8 Å². The minimum absolute atomic E-state index is 0.0831. The number of carbonyl (C=O) groups excluding carboxylic acids is 1. The summed E-state index contributed by atoms with van der Waals surface area (Å²) in [6.45, 7) is 0.907. The van der Waals surface area contributed by atoms with E-state index in [-0.39, 0.29) is 47.0 Å². The summed E-state index contributed by atoms with van der Waals surface area (Å²) in [6.07, 6.45) is 3.17. The Kier molecular flexibility index (Phi) is 6.13. The molecule has 2 aromatic carbocycles. The maximum absolute atomic E-state index is 12.9. The fraction of sp³-hybridized carbons (Fsp3) is 0.200. The lowest BCUT2D eigenvalue weighted by Gasteiger charge is -2.33. The van der Waals surface area contributed by atoms with Gasteiger partial charge in [0.05, 0.1) is 20.3 Å². The smallest absolute Gasteiger partial charge is 0.246 e. The van der Waals surface area contributed by atoms with Gasteiger partial charge in [-0.3, -0.25) is 4.79 Å². The molecule has 1 aliphatic heterocycles. The van der Waals surface area contributed by atoms with Gasteiger partial charge in [-0.05, 0) is 30.3 Å². The van der Waals surface area contributed by atoms with E-state index < -0.39 is 10.0 Å². The summed E-state index contributed by atoms with van der Waals surface area (Å²) >= 11 is 13.7. The van der Waals surface area contributed by atoms with Gasteiger partial charge in [-0.25, -0.2) is 13.4 Å². The lowest BCUT2D eigenvalue weighted by atomic mass is 10.3. The molecule has 30 heavy (non-hydrogen) atoms. The van der Waals surface area contributed by atoms with Gasteiger partial charge in [0.15, 0.2) is 0 Å². The molecule has 10 heteroatoms. The number of carbonyl (C=O) groups is 1. The number of para-hydroxylation sites is 1. The maximum Gasteiger partial charge on any atom is 0.246 e. The number of rotatable bonds is 4. The molecule has 156 valence electrons. The van der Waals surface area contributed by atoms with Crippen LogP contribution in [0.25, 0.3) is 16.3 Å². The van der Waals surface area contributed by atoms with E-state index in [1.165, 1.54) is 33.9 Å². The summed E-state index contributed by atoms with van der Waals surface area (Å²) in [5, 5.41) is 0.915. The number of benzene rings is 2. The van der Waals surface area contributed by atoms with Gasteiger partial charge < -0.3 is 4.90 Å². The predicted octanol–water partition coefficient (Wildman–Crippen LogP) is 4.15. The highest BCUT2D eigenvalue weighted by molar-refractivity contribution is 7.89. The fourth-order valence-electron chi connectivity index (χ4n) is 3.22. The Morgan fingerprint density at radius 1 is 1.00 bits per heavy atom. The number of hydrogen-bond acceptors (Lipinski definition) is 5. The van der Waals surface area contributed by atoms with Crippen molar-refractivity contribution in [2.45, 2.75) is 4.90 Å². The Hall–Kier alpha value is -1.97. The topological polar surface area (TPSA) is 70.6 Å². The van der Waals surface area contributed by atoms with Gasteiger partial charge in [0.2, 0.25) is 15.9 Å². The fourth-order valence-corrected chi connectivity index (χ4v) is 6.60. The van der Waals surface area contributed by atoms with Gasteiger partial charge in [0.1, 0.15) is 9.90 Å². The van der Waals surface area contributed by atoms with Crippen LogP contribution >= 0.6 is 34.5 Å². The molecule has 0 radical (unpaired) electrons. The number of amides is 1. The highest BCUT2D eigenvalue weighted by atomic mass is 35.5. The minimum Gasteiger partial charge on any atom is -0.337 e. The summed E-state index contributed by atoms with van der Waals surface area (Å²) in [6, 6.07) is 12.4. The summed E-state index contributed by atoms with van der Waals surface area (Å²) in [5.74, 6) is -0.179. The van der Waals surface area contributed by atoms with E-state index in [2.05, 4.69) is 4.98 Å². The highest BCUT2D eigenvalue weighted by Crippen LogP contribution is 2.32. The number of piperazine rings is 1. The van der Waals surface area contributed by atoms with Crippen molar-refractivity contribution in [3.8, 4) is 0 Å². The predicted molar refractivity (Wildman–Crippen MR) is 120 cm³/mol. The van der Waals surface area contributed by atoms with Crippen LogP contribution in [0.3, 0.4) is 0 Å². The first-order valence-corrected chi connectivity index (χ1v) is 12.1. The molecule has 0 N–H and O–H groups in total. The molecular formula is C20H17Cl2N3O3S2. The first kappa shape index (κ1) is 21.3. The van der Waals surface area contributed by atoms with Crippen molar-refractivity contribution in [1.29, 1.82) is 0 Å². The van der Waals surface area contributed by atoms with Crippen LogP contribution in [0.4, 0.5) is 0 Å². The van der Waals surface area contributed by atoms with E-state index in [0.717, 1.165) is 15.2 Å². The van der Waals surface area contributed by atoms with Crippen molar-refractivity contribution in [1.82, 2.24) is 14.2 Å². The van der Waals surface area contributed by atoms with Crippen LogP contribution in [-0.4, -0.2) is 54.7 Å². The van der Waals surface area contributed by atoms with Crippen molar-refractivity contribution in [3.05, 3.63) is 63.6 Å². The lowest BCUT2D eigenvalue weighted by molar-refractivity contribution is -0.127. The number of fused-ring (bicyclic) bond motifs is 1. The van der Waals surface area contributed by atoms with Crippen molar-refractivity contribution >= 4 is 66.8 Å². The van der Waals surface area contributed by atoms with Crippen molar-refractivity contribution in [3.63, 3.8) is 0 Å². The van der Waals surface area contributed by atoms with Crippen LogP contribution in [0.2, 0.25) is 10.0 Å². The summed E-state index contributed by atoms with van der Waals surface area (Å²) in [5.41, 5.74) is 0.895. The monoisotopic (exact) mass is 481 g/mol. The largest absolute Gasteiger partial charge is 0.337 e. The third kappa shape index (κ3) is 4.24. The lowest BCUT2D eigenvalue weighted by Crippen LogP contribution is -2.50. The Bertz CT molecular complexity index is 1180. The van der Waals surface area contributed by atoms with Gasteiger partial charge in [-0.1, -0.05) is 41.4 Å². The van der Waals surface area contributed by atoms with Crippen molar-refractivity contribution in [2.75, 3.05) is 26.2 Å². The molecule has 3 aromatic rings. The van der Waals surface area contributed by atoms with E-state index in [4.69, 9.17) is 23.2 Å². The average molecular weight is 482 g/mol. The van der Waals surface area contributed by atoms with Gasteiger partial charge in [0.25, 0.3) is 0 Å². The SMILES string of the molecule is O=C(/C=C/c1nc2ccccc2s1)N1CCN(S(=O)(=O)c2c(Cl)cccc2Cl)CC1. The minimum atomic E-state index is -3.84. The summed E-state index contributed by atoms with van der Waals surface area (Å²) < 4.78 is 28.2. The number of nitrogens with zero attached hydrogens (tertiary/aromatic N) is 3. The molecule has 0 bridgehead atoms. The van der Waals surface area contributed by atoms with Crippen LogP contribution in [0.5, 0.6) is 0 Å². The summed E-state index contributed by atoms with van der Waals surface area (Å²) in [7, 11) is -3.84. The molecular weight excluding hydrogens is 465 g/mol. The van der Waals surface area contributed by atoms with E-state index >= 15 is 0 Å². The van der Waals surface area contributed by atoms with Crippen LogP contribution in [0.1, 0.15) is 5.01 Å². The molecule has 1 aromatic heterocycles. The highest BCUT2D eigenvalue weighted by Gasteiger charge is 2.32. The molecule has 1 saturated heterocycles. The quantitative estimate of drug-likeness (QED) is 0.524. The first-order valence-electron chi connectivity index (χ1n) is 9.13. The van der Waals surface area contributed by atoms with E-state index in [1.54, 1.807) is 17.0 Å². The van der Waals surface area contributed by atoms with E-state index in [0.29, 0.717) is 0 Å². The molecule has 0 saturated carbocycles. The molecule has 2 heterocycles. The van der Waals surface area contributed by atoms with Gasteiger partial charge in [-0.15, -0.1) is 11.3 Å². The van der Waals surface area contributed by atoms with Gasteiger partial charge in [0, 0.05) is 32.3 Å². The number of sulfonamides is 1. The molecule has 6 nitrogen and oxygen atoms in total. The second-order valence-electron chi connectivity index (χ2n) is 6.63. The first-order chi connectivity index (χ1) is 14.4. The molecule has 0 unspecified atom stereocenters. The number of hydrogen-bond donors (Lipinski definition) is 0. The zero-order valence-electron chi connectivity index (χ0n) is 15.7. The second-order valence-corrected chi connectivity index (χ2v) is 10.4. The average Bonchev–Trinajstić information content (AvgIpc) is 3.15. The standard InChI is InChI=1S/C20H17Cl2N3O3S2/c21-14-4-3-5-15(22)20(14)30(27,28)25-12-10-24(11-13-25)19(26)9-8-18-23-16-6-1-2-7-17(16)29-18/h1-9H,10-13H2/b9-8+. The molecule has 1 aliphatic rings. The third-order valence-electron chi connectivity index (χ3n) is 4.75. The number of halogens is 2. The molecule has 0 aliphatic carbocycles.